The lowest BCUT2D eigenvalue weighted by Gasteiger charge is -2.60. The van der Waals surface area contributed by atoms with E-state index in [4.69, 9.17) is 0 Å². The third-order valence-electron chi connectivity index (χ3n) is 8.12. The van der Waals surface area contributed by atoms with Crippen molar-refractivity contribution in [2.75, 3.05) is 0 Å². The monoisotopic (exact) mass is 274 g/mol. The van der Waals surface area contributed by atoms with Crippen molar-refractivity contribution >= 4 is 0 Å². The Labute approximate surface area is 123 Å². The standard InChI is InChI=1S/C19H30O/c1-18-11-4-3-5-13(18)6-7-14-15-8-9-17(20)19(15,2)12-10-16(14)18/h9,13-16,20H,3-8,10-12H2,1-2H3/t13?,14-,15-,16+,18-,19-/m0/s1. The second-order valence-corrected chi connectivity index (χ2v) is 8.68. The van der Waals surface area contributed by atoms with Gasteiger partial charge in [0, 0.05) is 5.41 Å². The quantitative estimate of drug-likeness (QED) is 0.621. The van der Waals surface area contributed by atoms with Crippen LogP contribution in [0.1, 0.15) is 71.6 Å². The SMILES string of the molecule is C[C@]12CCCCC1CC[C@@H]1[C@H]2CC[C@]2(C)C(O)=CC[C@@H]12. The van der Waals surface area contributed by atoms with E-state index in [0.29, 0.717) is 5.41 Å². The fourth-order valence-electron chi connectivity index (χ4n) is 6.84. The van der Waals surface area contributed by atoms with Crippen LogP contribution in [0.4, 0.5) is 0 Å². The van der Waals surface area contributed by atoms with Gasteiger partial charge in [0.05, 0.1) is 5.76 Å². The summed E-state index contributed by atoms with van der Waals surface area (Å²) in [6.07, 6.45) is 14.7. The minimum absolute atomic E-state index is 0.124. The molecule has 3 saturated carbocycles. The number of hydrogen-bond donors (Lipinski definition) is 1. The molecular formula is C19H30O. The summed E-state index contributed by atoms with van der Waals surface area (Å²) in [5, 5.41) is 10.3. The van der Waals surface area contributed by atoms with Crippen LogP contribution >= 0.6 is 0 Å². The molecule has 1 heteroatoms. The normalized spacial score (nSPS) is 54.6. The van der Waals surface area contributed by atoms with E-state index in [0.717, 1.165) is 35.9 Å². The maximum Gasteiger partial charge on any atom is 0.0944 e. The van der Waals surface area contributed by atoms with Crippen molar-refractivity contribution in [2.24, 2.45) is 34.5 Å². The first-order valence-corrected chi connectivity index (χ1v) is 8.95. The molecule has 3 fully saturated rings. The first-order valence-electron chi connectivity index (χ1n) is 8.95. The molecule has 4 rings (SSSR count). The molecule has 0 aromatic heterocycles. The largest absolute Gasteiger partial charge is 0.512 e. The first kappa shape index (κ1) is 13.2. The topological polar surface area (TPSA) is 20.2 Å². The maximum absolute atomic E-state index is 10.3. The second kappa shape index (κ2) is 4.27. The van der Waals surface area contributed by atoms with Crippen LogP contribution in [-0.2, 0) is 0 Å². The third kappa shape index (κ3) is 1.56. The van der Waals surface area contributed by atoms with Gasteiger partial charge >= 0.3 is 0 Å². The van der Waals surface area contributed by atoms with Crippen molar-refractivity contribution < 1.29 is 5.11 Å². The zero-order chi connectivity index (χ0) is 14.0. The van der Waals surface area contributed by atoms with Gasteiger partial charge in [-0.05, 0) is 80.1 Å². The highest BCUT2D eigenvalue weighted by molar-refractivity contribution is 5.20. The fourth-order valence-corrected chi connectivity index (χ4v) is 6.84. The molecule has 0 amide bonds. The van der Waals surface area contributed by atoms with Crippen molar-refractivity contribution in [1.82, 2.24) is 0 Å². The fraction of sp³-hybridized carbons (Fsp3) is 0.895. The van der Waals surface area contributed by atoms with Gasteiger partial charge in [-0.15, -0.1) is 0 Å². The van der Waals surface area contributed by atoms with E-state index in [-0.39, 0.29) is 5.41 Å². The van der Waals surface area contributed by atoms with E-state index in [1.54, 1.807) is 0 Å². The Hall–Kier alpha value is -0.460. The molecule has 0 bridgehead atoms. The molecule has 0 aromatic carbocycles. The van der Waals surface area contributed by atoms with Crippen LogP contribution in [0.2, 0.25) is 0 Å². The molecule has 6 atom stereocenters. The summed E-state index contributed by atoms with van der Waals surface area (Å²) in [6, 6.07) is 0. The number of allylic oxidation sites excluding steroid dienone is 2. The van der Waals surface area contributed by atoms with Crippen LogP contribution in [0.3, 0.4) is 0 Å². The number of aliphatic hydroxyl groups is 1. The van der Waals surface area contributed by atoms with E-state index < -0.39 is 0 Å². The molecule has 0 saturated heterocycles. The number of hydrogen-bond acceptors (Lipinski definition) is 1. The zero-order valence-corrected chi connectivity index (χ0v) is 13.2. The number of aliphatic hydroxyl groups excluding tert-OH is 1. The summed E-state index contributed by atoms with van der Waals surface area (Å²) in [5.41, 5.74) is 0.750. The Morgan fingerprint density at radius 3 is 2.70 bits per heavy atom. The van der Waals surface area contributed by atoms with Gasteiger partial charge in [-0.1, -0.05) is 26.7 Å². The van der Waals surface area contributed by atoms with Crippen LogP contribution in [0.25, 0.3) is 0 Å². The van der Waals surface area contributed by atoms with Gasteiger partial charge < -0.3 is 5.11 Å². The second-order valence-electron chi connectivity index (χ2n) is 8.68. The summed E-state index contributed by atoms with van der Waals surface area (Å²) in [7, 11) is 0. The molecule has 0 aliphatic heterocycles. The lowest BCUT2D eigenvalue weighted by atomic mass is 9.45. The summed E-state index contributed by atoms with van der Waals surface area (Å²) >= 11 is 0. The van der Waals surface area contributed by atoms with Gasteiger partial charge in [-0.25, -0.2) is 0 Å². The minimum atomic E-state index is 0.124. The summed E-state index contributed by atoms with van der Waals surface area (Å²) in [4.78, 5) is 0. The van der Waals surface area contributed by atoms with E-state index in [1.165, 1.54) is 51.4 Å². The Kier molecular flexibility index (Phi) is 2.82. The number of rotatable bonds is 0. The van der Waals surface area contributed by atoms with Gasteiger partial charge in [-0.2, -0.15) is 0 Å². The molecule has 112 valence electrons. The van der Waals surface area contributed by atoms with Crippen LogP contribution in [0, 0.1) is 34.5 Å². The average Bonchev–Trinajstić information content (AvgIpc) is 2.74. The van der Waals surface area contributed by atoms with Gasteiger partial charge in [0.2, 0.25) is 0 Å². The highest BCUT2D eigenvalue weighted by Gasteiger charge is 2.58. The molecule has 1 unspecified atom stereocenters. The summed E-state index contributed by atoms with van der Waals surface area (Å²) < 4.78 is 0. The average molecular weight is 274 g/mol. The van der Waals surface area contributed by atoms with Gasteiger partial charge in [0.25, 0.3) is 0 Å². The van der Waals surface area contributed by atoms with Crippen molar-refractivity contribution in [3.05, 3.63) is 11.8 Å². The Balaban J connectivity index is 1.65. The van der Waals surface area contributed by atoms with E-state index in [1.807, 2.05) is 0 Å². The molecule has 0 radical (unpaired) electrons. The Morgan fingerprint density at radius 2 is 1.85 bits per heavy atom. The maximum atomic E-state index is 10.3. The minimum Gasteiger partial charge on any atom is -0.512 e. The molecule has 4 aliphatic rings. The van der Waals surface area contributed by atoms with Crippen molar-refractivity contribution in [1.29, 1.82) is 0 Å². The van der Waals surface area contributed by atoms with E-state index in [9.17, 15) is 5.11 Å². The van der Waals surface area contributed by atoms with Crippen molar-refractivity contribution in [3.63, 3.8) is 0 Å². The smallest absolute Gasteiger partial charge is 0.0944 e. The summed E-state index contributed by atoms with van der Waals surface area (Å²) in [6.45, 7) is 4.96. The highest BCUT2D eigenvalue weighted by atomic mass is 16.3. The molecule has 0 heterocycles. The van der Waals surface area contributed by atoms with E-state index in [2.05, 4.69) is 19.9 Å². The van der Waals surface area contributed by atoms with E-state index >= 15 is 0 Å². The summed E-state index contributed by atoms with van der Waals surface area (Å²) in [5.74, 6) is 4.29. The van der Waals surface area contributed by atoms with Crippen LogP contribution < -0.4 is 0 Å². The van der Waals surface area contributed by atoms with Crippen molar-refractivity contribution in [2.45, 2.75) is 71.6 Å². The highest BCUT2D eigenvalue weighted by Crippen LogP contribution is 2.65. The predicted molar refractivity (Wildman–Crippen MR) is 82.4 cm³/mol. The molecule has 20 heavy (non-hydrogen) atoms. The lowest BCUT2D eigenvalue weighted by Crippen LogP contribution is -2.52. The molecular weight excluding hydrogens is 244 g/mol. The van der Waals surface area contributed by atoms with Crippen LogP contribution in [0.5, 0.6) is 0 Å². The van der Waals surface area contributed by atoms with Gasteiger partial charge in [0.15, 0.2) is 0 Å². The molecule has 1 nitrogen and oxygen atoms in total. The van der Waals surface area contributed by atoms with Gasteiger partial charge in [-0.3, -0.25) is 0 Å². The molecule has 1 N–H and O–H groups in total. The Morgan fingerprint density at radius 1 is 1.00 bits per heavy atom. The molecule has 0 spiro atoms. The predicted octanol–water partition coefficient (Wildman–Crippen LogP) is 5.47. The van der Waals surface area contributed by atoms with Crippen molar-refractivity contribution in [3.8, 4) is 0 Å². The molecule has 0 aromatic rings. The zero-order valence-electron chi connectivity index (χ0n) is 13.2. The van der Waals surface area contributed by atoms with Crippen LogP contribution in [0.15, 0.2) is 11.8 Å². The first-order chi connectivity index (χ1) is 9.56. The van der Waals surface area contributed by atoms with Gasteiger partial charge in [0.1, 0.15) is 0 Å². The number of fused-ring (bicyclic) bond motifs is 5. The Bertz CT molecular complexity index is 439. The molecule has 4 aliphatic carbocycles. The third-order valence-corrected chi connectivity index (χ3v) is 8.12. The van der Waals surface area contributed by atoms with Crippen LogP contribution in [-0.4, -0.2) is 5.11 Å². The lowest BCUT2D eigenvalue weighted by molar-refractivity contribution is -0.104.